The van der Waals surface area contributed by atoms with E-state index in [1.807, 2.05) is 32.0 Å². The Morgan fingerprint density at radius 1 is 1.17 bits per heavy atom. The summed E-state index contributed by atoms with van der Waals surface area (Å²) in [6.45, 7) is 5.76. The van der Waals surface area contributed by atoms with Crippen molar-refractivity contribution in [3.8, 4) is 0 Å². The van der Waals surface area contributed by atoms with Crippen LogP contribution in [-0.2, 0) is 4.79 Å². The van der Waals surface area contributed by atoms with E-state index in [2.05, 4.69) is 10.6 Å². The highest BCUT2D eigenvalue weighted by atomic mass is 35.5. The third-order valence-corrected chi connectivity index (χ3v) is 4.44. The van der Waals surface area contributed by atoms with Crippen LogP contribution >= 0.6 is 23.2 Å². The molecule has 0 aliphatic heterocycles. The van der Waals surface area contributed by atoms with Crippen LogP contribution in [0, 0.1) is 19.7 Å². The summed E-state index contributed by atoms with van der Waals surface area (Å²) in [5.74, 6) is -0.713. The summed E-state index contributed by atoms with van der Waals surface area (Å²) in [5.41, 5.74) is 3.37. The van der Waals surface area contributed by atoms with Gasteiger partial charge in [-0.15, -0.1) is 0 Å². The van der Waals surface area contributed by atoms with Crippen molar-refractivity contribution in [2.24, 2.45) is 0 Å². The predicted molar refractivity (Wildman–Crippen MR) is 97.4 cm³/mol. The molecule has 0 aliphatic carbocycles. The molecule has 0 fully saturated rings. The largest absolute Gasteiger partial charge is 0.324 e. The summed E-state index contributed by atoms with van der Waals surface area (Å²) in [7, 11) is 0. The van der Waals surface area contributed by atoms with Gasteiger partial charge in [-0.1, -0.05) is 41.4 Å². The Balaban J connectivity index is 2.00. The van der Waals surface area contributed by atoms with Gasteiger partial charge in [-0.25, -0.2) is 4.39 Å². The second-order valence-electron chi connectivity index (χ2n) is 5.71. The zero-order valence-electron chi connectivity index (χ0n) is 13.7. The van der Waals surface area contributed by atoms with Gasteiger partial charge in [0.25, 0.3) is 0 Å². The standard InChI is InChI=1S/C18H19Cl2FN2O/c1-10-5-4-6-11(2)18(10)23-17(24)9-22-12(3)13-7-16(21)15(20)8-14(13)19/h4-8,12,22H,9H2,1-3H3,(H,23,24)/t12-/m0/s1. The highest BCUT2D eigenvalue weighted by Crippen LogP contribution is 2.28. The fourth-order valence-corrected chi connectivity index (χ4v) is 2.97. The summed E-state index contributed by atoms with van der Waals surface area (Å²) in [4.78, 5) is 12.2. The minimum atomic E-state index is -0.537. The molecule has 2 rings (SSSR count). The molecular weight excluding hydrogens is 350 g/mol. The molecule has 1 atom stereocenters. The van der Waals surface area contributed by atoms with E-state index in [0.29, 0.717) is 10.6 Å². The summed E-state index contributed by atoms with van der Waals surface area (Å²) in [6.07, 6.45) is 0. The van der Waals surface area contributed by atoms with Crippen LogP contribution in [0.2, 0.25) is 10.0 Å². The average molecular weight is 369 g/mol. The fraction of sp³-hybridized carbons (Fsp3) is 0.278. The number of anilines is 1. The van der Waals surface area contributed by atoms with E-state index in [-0.39, 0.29) is 23.5 Å². The van der Waals surface area contributed by atoms with Crippen molar-refractivity contribution in [2.75, 3.05) is 11.9 Å². The van der Waals surface area contributed by atoms with Crippen molar-refractivity contribution in [3.63, 3.8) is 0 Å². The van der Waals surface area contributed by atoms with Crippen molar-refractivity contribution in [3.05, 3.63) is 62.9 Å². The van der Waals surface area contributed by atoms with E-state index < -0.39 is 5.82 Å². The van der Waals surface area contributed by atoms with Crippen molar-refractivity contribution in [1.82, 2.24) is 5.32 Å². The molecule has 2 aromatic rings. The van der Waals surface area contributed by atoms with Crippen LogP contribution in [0.1, 0.15) is 29.7 Å². The molecular formula is C18H19Cl2FN2O. The predicted octanol–water partition coefficient (Wildman–Crippen LogP) is 5.04. The molecule has 2 aromatic carbocycles. The number of nitrogens with one attached hydrogen (secondary N) is 2. The Bertz CT molecular complexity index is 745. The highest BCUT2D eigenvalue weighted by Gasteiger charge is 2.15. The molecule has 3 nitrogen and oxygen atoms in total. The Morgan fingerprint density at radius 3 is 2.42 bits per heavy atom. The quantitative estimate of drug-likeness (QED) is 0.725. The molecule has 0 spiro atoms. The Labute approximate surface area is 151 Å². The van der Waals surface area contributed by atoms with E-state index in [0.717, 1.165) is 16.8 Å². The lowest BCUT2D eigenvalue weighted by molar-refractivity contribution is -0.115. The number of aryl methyl sites for hydroxylation is 2. The van der Waals surface area contributed by atoms with Crippen LogP contribution in [0.15, 0.2) is 30.3 Å². The highest BCUT2D eigenvalue weighted by molar-refractivity contribution is 6.35. The van der Waals surface area contributed by atoms with Gasteiger partial charge in [-0.3, -0.25) is 4.79 Å². The number of amides is 1. The van der Waals surface area contributed by atoms with E-state index in [1.54, 1.807) is 6.92 Å². The van der Waals surface area contributed by atoms with Crippen LogP contribution in [-0.4, -0.2) is 12.5 Å². The van der Waals surface area contributed by atoms with E-state index >= 15 is 0 Å². The zero-order chi connectivity index (χ0) is 17.9. The molecule has 0 aromatic heterocycles. The first-order valence-corrected chi connectivity index (χ1v) is 8.29. The topological polar surface area (TPSA) is 41.1 Å². The summed E-state index contributed by atoms with van der Waals surface area (Å²) in [6, 6.07) is 8.17. The van der Waals surface area contributed by atoms with Gasteiger partial charge in [0.05, 0.1) is 11.6 Å². The van der Waals surface area contributed by atoms with Crippen LogP contribution in [0.5, 0.6) is 0 Å². The number of benzene rings is 2. The first kappa shape index (κ1) is 18.7. The van der Waals surface area contributed by atoms with Crippen LogP contribution in [0.3, 0.4) is 0 Å². The number of halogens is 3. The molecule has 24 heavy (non-hydrogen) atoms. The van der Waals surface area contributed by atoms with Crippen LogP contribution < -0.4 is 10.6 Å². The fourth-order valence-electron chi connectivity index (χ4n) is 2.42. The maximum atomic E-state index is 13.6. The van der Waals surface area contributed by atoms with Gasteiger partial charge in [0.2, 0.25) is 5.91 Å². The smallest absolute Gasteiger partial charge is 0.238 e. The van der Waals surface area contributed by atoms with Gasteiger partial charge in [0.1, 0.15) is 5.82 Å². The van der Waals surface area contributed by atoms with Crippen LogP contribution in [0.4, 0.5) is 10.1 Å². The van der Waals surface area contributed by atoms with E-state index in [9.17, 15) is 9.18 Å². The van der Waals surface area contributed by atoms with Crippen molar-refractivity contribution in [1.29, 1.82) is 0 Å². The van der Waals surface area contributed by atoms with Crippen molar-refractivity contribution >= 4 is 34.8 Å². The summed E-state index contributed by atoms with van der Waals surface area (Å²) >= 11 is 11.8. The lowest BCUT2D eigenvalue weighted by Crippen LogP contribution is -2.30. The average Bonchev–Trinajstić information content (AvgIpc) is 2.52. The SMILES string of the molecule is Cc1cccc(C)c1NC(=O)CN[C@@H](C)c1cc(F)c(Cl)cc1Cl. The number of para-hydroxylation sites is 1. The van der Waals surface area contributed by atoms with Gasteiger partial charge < -0.3 is 10.6 Å². The number of hydrogen-bond acceptors (Lipinski definition) is 2. The minimum absolute atomic E-state index is 0.0243. The zero-order valence-corrected chi connectivity index (χ0v) is 15.2. The number of carbonyl (C=O) groups is 1. The van der Waals surface area contributed by atoms with Gasteiger partial charge in [-0.05, 0) is 49.6 Å². The maximum absolute atomic E-state index is 13.6. The molecule has 128 valence electrons. The molecule has 0 bridgehead atoms. The monoisotopic (exact) mass is 368 g/mol. The van der Waals surface area contributed by atoms with Gasteiger partial charge >= 0.3 is 0 Å². The third-order valence-electron chi connectivity index (χ3n) is 3.82. The van der Waals surface area contributed by atoms with Gasteiger partial charge in [-0.2, -0.15) is 0 Å². The summed E-state index contributed by atoms with van der Waals surface area (Å²) < 4.78 is 13.6. The molecule has 1 amide bonds. The normalized spacial score (nSPS) is 12.1. The summed E-state index contributed by atoms with van der Waals surface area (Å²) in [5, 5.41) is 6.26. The Hall–Kier alpha value is -1.62. The lowest BCUT2D eigenvalue weighted by Gasteiger charge is -2.17. The number of hydrogen-bond donors (Lipinski definition) is 2. The second kappa shape index (κ2) is 7.97. The first-order chi connectivity index (χ1) is 11.3. The third kappa shape index (κ3) is 4.47. The van der Waals surface area contributed by atoms with Gasteiger partial charge in [0, 0.05) is 16.8 Å². The maximum Gasteiger partial charge on any atom is 0.238 e. The van der Waals surface area contributed by atoms with Crippen molar-refractivity contribution < 1.29 is 9.18 Å². The molecule has 0 saturated heterocycles. The number of carbonyl (C=O) groups excluding carboxylic acids is 1. The van der Waals surface area contributed by atoms with E-state index in [1.165, 1.54) is 12.1 Å². The first-order valence-electron chi connectivity index (χ1n) is 7.53. The molecule has 0 heterocycles. The molecule has 6 heteroatoms. The Morgan fingerprint density at radius 2 is 1.79 bits per heavy atom. The minimum Gasteiger partial charge on any atom is -0.324 e. The lowest BCUT2D eigenvalue weighted by atomic mass is 10.1. The van der Waals surface area contributed by atoms with Crippen molar-refractivity contribution in [2.45, 2.75) is 26.8 Å². The van der Waals surface area contributed by atoms with Crippen LogP contribution in [0.25, 0.3) is 0 Å². The molecule has 0 aliphatic rings. The number of rotatable bonds is 5. The molecule has 0 saturated carbocycles. The second-order valence-corrected chi connectivity index (χ2v) is 6.52. The molecule has 0 unspecified atom stereocenters. The molecule has 2 N–H and O–H groups in total. The Kier molecular flexibility index (Phi) is 6.21. The van der Waals surface area contributed by atoms with E-state index in [4.69, 9.17) is 23.2 Å². The van der Waals surface area contributed by atoms with Gasteiger partial charge in [0.15, 0.2) is 0 Å². The molecule has 0 radical (unpaired) electrons.